The number of hydrogen-bond donors (Lipinski definition) is 0. The quantitative estimate of drug-likeness (QED) is 0.436. The topological polar surface area (TPSA) is 69.7 Å². The van der Waals surface area contributed by atoms with Crippen molar-refractivity contribution in [1.82, 2.24) is 0 Å². The van der Waals surface area contributed by atoms with Crippen LogP contribution in [0.25, 0.3) is 0 Å². The zero-order valence-corrected chi connectivity index (χ0v) is 11.8. The first-order valence-electron chi connectivity index (χ1n) is 6.39. The number of fused-ring (bicyclic) bond motifs is 1. The number of hydrogen-bond acceptors (Lipinski definition) is 5. The first-order chi connectivity index (χ1) is 9.54. The lowest BCUT2D eigenvalue weighted by Gasteiger charge is -2.32. The van der Waals surface area contributed by atoms with Crippen molar-refractivity contribution in [2.45, 2.75) is 37.0 Å². The molecule has 2 bridgehead atoms. The maximum absolute atomic E-state index is 13.2. The largest absolute Gasteiger partial charge is 0.456 e. The number of ether oxygens (including phenoxy) is 1. The lowest BCUT2D eigenvalue weighted by Crippen LogP contribution is -2.48. The number of carbonyl (C=O) groups excluding carboxylic acids is 1. The standard InChI is InChI=1S/C12H13F3O5S/c1-4(2)11(16)19-8-5-3-6-9(8)20-21(17,18)10(6)7(5)12(13,14)15/h5-10H,1,3H2,2H3. The molecule has 6 unspecified atom stereocenters. The second kappa shape index (κ2) is 4.22. The highest BCUT2D eigenvalue weighted by atomic mass is 32.2. The van der Waals surface area contributed by atoms with Gasteiger partial charge in [0.25, 0.3) is 10.1 Å². The van der Waals surface area contributed by atoms with Gasteiger partial charge in [-0.2, -0.15) is 21.6 Å². The third-order valence-electron chi connectivity index (χ3n) is 4.50. The van der Waals surface area contributed by atoms with E-state index in [9.17, 15) is 26.4 Å². The third kappa shape index (κ3) is 2.01. The molecule has 0 spiro atoms. The number of alkyl halides is 3. The summed E-state index contributed by atoms with van der Waals surface area (Å²) in [5.74, 6) is -4.73. The highest BCUT2D eigenvalue weighted by Crippen LogP contribution is 2.62. The van der Waals surface area contributed by atoms with Crippen LogP contribution in [0, 0.1) is 17.8 Å². The average molecular weight is 326 g/mol. The van der Waals surface area contributed by atoms with E-state index in [-0.39, 0.29) is 12.0 Å². The van der Waals surface area contributed by atoms with E-state index in [4.69, 9.17) is 8.92 Å². The molecule has 9 heteroatoms. The summed E-state index contributed by atoms with van der Waals surface area (Å²) < 4.78 is 73.1. The van der Waals surface area contributed by atoms with Crippen LogP contribution in [-0.4, -0.2) is 38.0 Å². The molecule has 0 aromatic heterocycles. The molecule has 0 N–H and O–H groups in total. The Bertz CT molecular complexity index is 611. The van der Waals surface area contributed by atoms with E-state index in [1.807, 2.05) is 0 Å². The molecule has 21 heavy (non-hydrogen) atoms. The van der Waals surface area contributed by atoms with E-state index in [2.05, 4.69) is 6.58 Å². The Morgan fingerprint density at radius 2 is 1.95 bits per heavy atom. The summed E-state index contributed by atoms with van der Waals surface area (Å²) in [5.41, 5.74) is 0.0405. The molecule has 1 heterocycles. The van der Waals surface area contributed by atoms with E-state index in [0.717, 1.165) is 0 Å². The first kappa shape index (κ1) is 14.8. The second-order valence-corrected chi connectivity index (χ2v) is 7.52. The maximum Gasteiger partial charge on any atom is 0.393 e. The van der Waals surface area contributed by atoms with Gasteiger partial charge in [-0.1, -0.05) is 6.58 Å². The van der Waals surface area contributed by atoms with Crippen molar-refractivity contribution < 1.29 is 35.3 Å². The lowest BCUT2D eigenvalue weighted by atomic mass is 9.84. The van der Waals surface area contributed by atoms with Crippen LogP contribution in [0.2, 0.25) is 0 Å². The highest BCUT2D eigenvalue weighted by Gasteiger charge is 2.75. The van der Waals surface area contributed by atoms with Gasteiger partial charge in [-0.3, -0.25) is 4.18 Å². The van der Waals surface area contributed by atoms with Gasteiger partial charge in [-0.05, 0) is 13.3 Å². The normalized spacial score (nSPS) is 43.0. The fraction of sp³-hybridized carbons (Fsp3) is 0.750. The Balaban J connectivity index is 1.97. The van der Waals surface area contributed by atoms with Crippen molar-refractivity contribution in [3.05, 3.63) is 12.2 Å². The fourth-order valence-electron chi connectivity index (χ4n) is 3.80. The molecule has 0 amide bonds. The second-order valence-electron chi connectivity index (χ2n) is 5.80. The number of halogens is 3. The molecule has 118 valence electrons. The molecule has 1 aliphatic heterocycles. The molecule has 2 saturated carbocycles. The molecular weight excluding hydrogens is 313 g/mol. The van der Waals surface area contributed by atoms with Gasteiger partial charge in [0, 0.05) is 17.4 Å². The van der Waals surface area contributed by atoms with Crippen LogP contribution < -0.4 is 0 Å². The Labute approximate surface area is 119 Å². The molecule has 1 saturated heterocycles. The summed E-state index contributed by atoms with van der Waals surface area (Å²) in [6.07, 6.45) is -6.84. The molecule has 0 aromatic carbocycles. The predicted octanol–water partition coefficient (Wildman–Crippen LogP) is 1.40. The van der Waals surface area contributed by atoms with Gasteiger partial charge in [0.15, 0.2) is 0 Å². The zero-order chi connectivity index (χ0) is 15.7. The highest BCUT2D eigenvalue weighted by molar-refractivity contribution is 7.87. The van der Waals surface area contributed by atoms with Crippen molar-refractivity contribution in [1.29, 1.82) is 0 Å². The Morgan fingerprint density at radius 3 is 2.48 bits per heavy atom. The Kier molecular flexibility index (Phi) is 2.98. The van der Waals surface area contributed by atoms with E-state index in [1.54, 1.807) is 0 Å². The van der Waals surface area contributed by atoms with Gasteiger partial charge in [0.2, 0.25) is 0 Å². The maximum atomic E-state index is 13.2. The van der Waals surface area contributed by atoms with Crippen LogP contribution in [0.15, 0.2) is 12.2 Å². The smallest absolute Gasteiger partial charge is 0.393 e. The van der Waals surface area contributed by atoms with Crippen LogP contribution in [0.5, 0.6) is 0 Å². The molecule has 3 rings (SSSR count). The zero-order valence-electron chi connectivity index (χ0n) is 11.0. The van der Waals surface area contributed by atoms with E-state index in [0.29, 0.717) is 0 Å². The van der Waals surface area contributed by atoms with Crippen LogP contribution in [0.1, 0.15) is 13.3 Å². The van der Waals surface area contributed by atoms with Crippen LogP contribution in [0.3, 0.4) is 0 Å². The summed E-state index contributed by atoms with van der Waals surface area (Å²) in [6, 6.07) is 0. The number of rotatable bonds is 2. The van der Waals surface area contributed by atoms with Crippen LogP contribution in [0.4, 0.5) is 13.2 Å². The number of carbonyl (C=O) groups is 1. The van der Waals surface area contributed by atoms with Crippen LogP contribution >= 0.6 is 0 Å². The monoisotopic (exact) mass is 326 g/mol. The minimum absolute atomic E-state index is 0.0346. The first-order valence-corrected chi connectivity index (χ1v) is 7.86. The minimum Gasteiger partial charge on any atom is -0.456 e. The van der Waals surface area contributed by atoms with Gasteiger partial charge in [0.05, 0.1) is 5.92 Å². The summed E-state index contributed by atoms with van der Waals surface area (Å²) in [4.78, 5) is 11.6. The fourth-order valence-corrected chi connectivity index (χ4v) is 5.90. The van der Waals surface area contributed by atoms with Gasteiger partial charge < -0.3 is 4.74 Å². The number of esters is 1. The molecule has 5 nitrogen and oxygen atoms in total. The molecule has 0 aromatic rings. The van der Waals surface area contributed by atoms with Crippen LogP contribution in [-0.2, 0) is 23.8 Å². The summed E-state index contributed by atoms with van der Waals surface area (Å²) in [5, 5.41) is -1.58. The van der Waals surface area contributed by atoms with Crippen molar-refractivity contribution in [3.8, 4) is 0 Å². The van der Waals surface area contributed by atoms with Crippen molar-refractivity contribution in [3.63, 3.8) is 0 Å². The van der Waals surface area contributed by atoms with E-state index in [1.165, 1.54) is 6.92 Å². The van der Waals surface area contributed by atoms with E-state index >= 15 is 0 Å². The van der Waals surface area contributed by atoms with Crippen molar-refractivity contribution >= 4 is 16.1 Å². The minimum atomic E-state index is -4.68. The molecule has 3 fully saturated rings. The van der Waals surface area contributed by atoms with Gasteiger partial charge in [0.1, 0.15) is 17.5 Å². The lowest BCUT2D eigenvalue weighted by molar-refractivity contribution is -0.202. The predicted molar refractivity (Wildman–Crippen MR) is 63.4 cm³/mol. The van der Waals surface area contributed by atoms with E-state index < -0.39 is 57.5 Å². The van der Waals surface area contributed by atoms with Gasteiger partial charge in [-0.25, -0.2) is 4.79 Å². The summed E-state index contributed by atoms with van der Waals surface area (Å²) in [6.45, 7) is 4.73. The van der Waals surface area contributed by atoms with Gasteiger partial charge >= 0.3 is 12.1 Å². The van der Waals surface area contributed by atoms with Crippen molar-refractivity contribution in [2.75, 3.05) is 0 Å². The summed E-state index contributed by atoms with van der Waals surface area (Å²) in [7, 11) is -4.29. The summed E-state index contributed by atoms with van der Waals surface area (Å²) >= 11 is 0. The molecule has 3 aliphatic rings. The third-order valence-corrected chi connectivity index (χ3v) is 6.30. The molecule has 0 radical (unpaired) electrons. The SMILES string of the molecule is C=C(C)C(=O)OC1C2CC3C1OS(=O)(=O)C3C2C(F)(F)F. The molecular formula is C12H13F3O5S. The molecule has 2 aliphatic carbocycles. The van der Waals surface area contributed by atoms with Crippen molar-refractivity contribution in [2.24, 2.45) is 17.8 Å². The Morgan fingerprint density at radius 1 is 1.33 bits per heavy atom. The van der Waals surface area contributed by atoms with Gasteiger partial charge in [-0.15, -0.1) is 0 Å². The average Bonchev–Trinajstić information content (AvgIpc) is 2.89. The Hall–Kier alpha value is -1.09. The molecule has 6 atom stereocenters.